The first-order valence-electron chi connectivity index (χ1n) is 7.19. The van der Waals surface area contributed by atoms with Crippen LogP contribution in [0.2, 0.25) is 0 Å². The van der Waals surface area contributed by atoms with Crippen molar-refractivity contribution in [2.45, 2.75) is 18.4 Å². The number of carbonyl (C=O) groups excluding carboxylic acids is 1. The van der Waals surface area contributed by atoms with Gasteiger partial charge in [-0.3, -0.25) is 4.79 Å². The van der Waals surface area contributed by atoms with E-state index in [4.69, 9.17) is 5.26 Å². The molecule has 7 heteroatoms. The zero-order valence-electron chi connectivity index (χ0n) is 13.3. The van der Waals surface area contributed by atoms with E-state index in [2.05, 4.69) is 10.0 Å². The Labute approximate surface area is 141 Å². The number of nitrogens with one attached hydrogen (secondary N) is 2. The number of carbonyl (C=O) groups is 1. The maximum absolute atomic E-state index is 12.4. The number of hydrogen-bond donors (Lipinski definition) is 2. The number of nitrogens with zero attached hydrogens (tertiary/aromatic N) is 1. The van der Waals surface area contributed by atoms with Crippen molar-refractivity contribution in [3.8, 4) is 6.07 Å². The van der Waals surface area contributed by atoms with Crippen molar-refractivity contribution >= 4 is 15.9 Å². The van der Waals surface area contributed by atoms with E-state index in [1.165, 1.54) is 19.2 Å². The minimum Gasteiger partial charge on any atom is -0.348 e. The SMILES string of the molecule is CNS(=O)(=O)c1ccc(C)c(C(=O)NCc2ccc(C#N)cc2)c1. The van der Waals surface area contributed by atoms with Gasteiger partial charge in [0.15, 0.2) is 0 Å². The van der Waals surface area contributed by atoms with Crippen molar-refractivity contribution in [2.24, 2.45) is 0 Å². The number of nitriles is 1. The van der Waals surface area contributed by atoms with E-state index >= 15 is 0 Å². The van der Waals surface area contributed by atoms with Crippen LogP contribution < -0.4 is 10.0 Å². The number of benzene rings is 2. The second kappa shape index (κ2) is 7.25. The molecule has 0 fully saturated rings. The van der Waals surface area contributed by atoms with E-state index < -0.39 is 10.0 Å². The molecule has 0 aliphatic rings. The molecule has 124 valence electrons. The van der Waals surface area contributed by atoms with E-state index in [0.717, 1.165) is 5.56 Å². The number of rotatable bonds is 5. The van der Waals surface area contributed by atoms with Gasteiger partial charge in [-0.05, 0) is 49.4 Å². The molecule has 0 atom stereocenters. The molecule has 0 bridgehead atoms. The molecule has 2 aromatic carbocycles. The summed E-state index contributed by atoms with van der Waals surface area (Å²) in [6, 6.07) is 13.3. The van der Waals surface area contributed by atoms with E-state index in [-0.39, 0.29) is 17.3 Å². The average Bonchev–Trinajstić information content (AvgIpc) is 2.60. The first-order chi connectivity index (χ1) is 11.4. The highest BCUT2D eigenvalue weighted by molar-refractivity contribution is 7.89. The van der Waals surface area contributed by atoms with Crippen molar-refractivity contribution in [2.75, 3.05) is 7.05 Å². The lowest BCUT2D eigenvalue weighted by Crippen LogP contribution is -2.25. The molecule has 0 aromatic heterocycles. The fourth-order valence-corrected chi connectivity index (χ4v) is 2.86. The van der Waals surface area contributed by atoms with E-state index in [1.54, 1.807) is 37.3 Å². The molecule has 0 aliphatic heterocycles. The maximum atomic E-state index is 12.4. The molecule has 0 saturated carbocycles. The topological polar surface area (TPSA) is 99.1 Å². The van der Waals surface area contributed by atoms with Crippen LogP contribution in [0.15, 0.2) is 47.4 Å². The van der Waals surface area contributed by atoms with Crippen molar-refractivity contribution in [1.82, 2.24) is 10.0 Å². The molecular weight excluding hydrogens is 326 g/mol. The van der Waals surface area contributed by atoms with Crippen LogP contribution in [0.4, 0.5) is 0 Å². The molecule has 2 N–H and O–H groups in total. The minimum atomic E-state index is -3.61. The standard InChI is InChI=1S/C17H17N3O3S/c1-12-3-8-15(24(22,23)19-2)9-16(12)17(21)20-11-14-6-4-13(10-18)5-7-14/h3-9,19H,11H2,1-2H3,(H,20,21). The van der Waals surface area contributed by atoms with Gasteiger partial charge in [-0.2, -0.15) is 5.26 Å². The van der Waals surface area contributed by atoms with Gasteiger partial charge in [0.1, 0.15) is 0 Å². The highest BCUT2D eigenvalue weighted by Crippen LogP contribution is 2.15. The number of aryl methyl sites for hydroxylation is 1. The fraction of sp³-hybridized carbons (Fsp3) is 0.176. The second-order valence-electron chi connectivity index (χ2n) is 5.18. The summed E-state index contributed by atoms with van der Waals surface area (Å²) in [6.07, 6.45) is 0. The highest BCUT2D eigenvalue weighted by Gasteiger charge is 2.16. The van der Waals surface area contributed by atoms with E-state index in [1.807, 2.05) is 6.07 Å². The molecule has 0 aliphatic carbocycles. The molecule has 0 spiro atoms. The van der Waals surface area contributed by atoms with Crippen LogP contribution in [0.5, 0.6) is 0 Å². The van der Waals surface area contributed by atoms with Gasteiger partial charge in [-0.25, -0.2) is 13.1 Å². The first-order valence-corrected chi connectivity index (χ1v) is 8.67. The van der Waals surface area contributed by atoms with Crippen LogP contribution in [0, 0.1) is 18.3 Å². The number of hydrogen-bond acceptors (Lipinski definition) is 4. The Kier molecular flexibility index (Phi) is 5.34. The summed E-state index contributed by atoms with van der Waals surface area (Å²) >= 11 is 0. The highest BCUT2D eigenvalue weighted by atomic mass is 32.2. The van der Waals surface area contributed by atoms with Gasteiger partial charge >= 0.3 is 0 Å². The van der Waals surface area contributed by atoms with Crippen LogP contribution in [-0.2, 0) is 16.6 Å². The predicted octanol–water partition coefficient (Wildman–Crippen LogP) is 1.70. The summed E-state index contributed by atoms with van der Waals surface area (Å²) < 4.78 is 25.9. The third kappa shape index (κ3) is 3.98. The monoisotopic (exact) mass is 343 g/mol. The summed E-state index contributed by atoms with van der Waals surface area (Å²) in [6.45, 7) is 2.03. The Bertz CT molecular complexity index is 898. The predicted molar refractivity (Wildman–Crippen MR) is 89.8 cm³/mol. The molecule has 0 unspecified atom stereocenters. The molecule has 6 nitrogen and oxygen atoms in total. The second-order valence-corrected chi connectivity index (χ2v) is 7.06. The quantitative estimate of drug-likeness (QED) is 0.863. The Balaban J connectivity index is 2.17. The zero-order valence-corrected chi connectivity index (χ0v) is 14.1. The largest absolute Gasteiger partial charge is 0.348 e. The Morgan fingerprint density at radius 2 is 1.83 bits per heavy atom. The fourth-order valence-electron chi connectivity index (χ4n) is 2.11. The third-order valence-corrected chi connectivity index (χ3v) is 4.98. The normalized spacial score (nSPS) is 10.9. The minimum absolute atomic E-state index is 0.0409. The third-order valence-electron chi connectivity index (χ3n) is 3.57. The van der Waals surface area contributed by atoms with Gasteiger partial charge < -0.3 is 5.32 Å². The summed E-state index contributed by atoms with van der Waals surface area (Å²) in [5, 5.41) is 11.5. The number of amides is 1. The lowest BCUT2D eigenvalue weighted by atomic mass is 10.1. The molecule has 0 radical (unpaired) electrons. The average molecular weight is 343 g/mol. The lowest BCUT2D eigenvalue weighted by Gasteiger charge is -2.10. The first kappa shape index (κ1) is 17.7. The summed E-state index contributed by atoms with van der Waals surface area (Å²) in [7, 11) is -2.29. The smallest absolute Gasteiger partial charge is 0.251 e. The van der Waals surface area contributed by atoms with Gasteiger partial charge in [0.25, 0.3) is 5.91 Å². The Hall–Kier alpha value is -2.69. The zero-order chi connectivity index (χ0) is 17.7. The molecule has 24 heavy (non-hydrogen) atoms. The van der Waals surface area contributed by atoms with E-state index in [9.17, 15) is 13.2 Å². The molecule has 2 aromatic rings. The maximum Gasteiger partial charge on any atom is 0.251 e. The Morgan fingerprint density at radius 3 is 2.42 bits per heavy atom. The van der Waals surface area contributed by atoms with Crippen LogP contribution in [-0.4, -0.2) is 21.4 Å². The van der Waals surface area contributed by atoms with Crippen LogP contribution >= 0.6 is 0 Å². The summed E-state index contributed by atoms with van der Waals surface area (Å²) in [4.78, 5) is 12.4. The molecular formula is C17H17N3O3S. The van der Waals surface area contributed by atoms with Crippen molar-refractivity contribution < 1.29 is 13.2 Å². The number of sulfonamides is 1. The molecule has 1 amide bonds. The molecule has 0 saturated heterocycles. The molecule has 0 heterocycles. The van der Waals surface area contributed by atoms with Crippen LogP contribution in [0.25, 0.3) is 0 Å². The Morgan fingerprint density at radius 1 is 1.17 bits per heavy atom. The van der Waals surface area contributed by atoms with Gasteiger partial charge in [0.2, 0.25) is 10.0 Å². The molecule has 2 rings (SSSR count). The van der Waals surface area contributed by atoms with Gasteiger partial charge in [-0.15, -0.1) is 0 Å². The lowest BCUT2D eigenvalue weighted by molar-refractivity contribution is 0.0950. The summed E-state index contributed by atoms with van der Waals surface area (Å²) in [5.74, 6) is -0.356. The van der Waals surface area contributed by atoms with Crippen molar-refractivity contribution in [3.63, 3.8) is 0 Å². The van der Waals surface area contributed by atoms with Crippen LogP contribution in [0.1, 0.15) is 27.0 Å². The van der Waals surface area contributed by atoms with Gasteiger partial charge in [0.05, 0.1) is 16.5 Å². The van der Waals surface area contributed by atoms with Gasteiger partial charge in [0, 0.05) is 12.1 Å². The summed E-state index contributed by atoms with van der Waals surface area (Å²) in [5.41, 5.74) is 2.38. The van der Waals surface area contributed by atoms with Gasteiger partial charge in [-0.1, -0.05) is 18.2 Å². The van der Waals surface area contributed by atoms with E-state index in [0.29, 0.717) is 16.7 Å². The van der Waals surface area contributed by atoms with Crippen molar-refractivity contribution in [1.29, 1.82) is 5.26 Å². The van der Waals surface area contributed by atoms with Crippen molar-refractivity contribution in [3.05, 3.63) is 64.7 Å². The van der Waals surface area contributed by atoms with Crippen LogP contribution in [0.3, 0.4) is 0 Å².